The van der Waals surface area contributed by atoms with E-state index in [4.69, 9.17) is 19.3 Å². The SMILES string of the molecule is O=C(O)CC1CN(C(=O)C2COCC2NC(=O)OCC2c3ccccc3-c3ccccc32)CCO1. The fourth-order valence-electron chi connectivity index (χ4n) is 5.20. The largest absolute Gasteiger partial charge is 0.481 e. The first-order valence-electron chi connectivity index (χ1n) is 11.8. The summed E-state index contributed by atoms with van der Waals surface area (Å²) in [4.78, 5) is 38.4. The van der Waals surface area contributed by atoms with E-state index in [1.165, 1.54) is 0 Å². The van der Waals surface area contributed by atoms with E-state index in [0.29, 0.717) is 6.54 Å². The second kappa shape index (κ2) is 10.1. The molecule has 2 aromatic rings. The number of morpholine rings is 1. The number of nitrogens with one attached hydrogen (secondary N) is 1. The second-order valence-corrected chi connectivity index (χ2v) is 9.10. The molecule has 1 aliphatic carbocycles. The highest BCUT2D eigenvalue weighted by Crippen LogP contribution is 2.44. The standard InChI is InChI=1S/C26H28N2O7/c29-24(30)11-16-12-28(9-10-34-16)25(31)22-13-33-15-23(22)27-26(32)35-14-21-19-7-3-1-5-17(19)18-6-2-4-8-20(18)21/h1-8,16,21-23H,9-15H2,(H,27,32)(H,29,30). The summed E-state index contributed by atoms with van der Waals surface area (Å²) in [5, 5.41) is 11.8. The molecule has 35 heavy (non-hydrogen) atoms. The number of carbonyl (C=O) groups is 3. The predicted octanol–water partition coefficient (Wildman–Crippen LogP) is 2.24. The molecule has 2 heterocycles. The van der Waals surface area contributed by atoms with Crippen molar-refractivity contribution in [2.75, 3.05) is 39.5 Å². The second-order valence-electron chi connectivity index (χ2n) is 9.10. The summed E-state index contributed by atoms with van der Waals surface area (Å²) in [7, 11) is 0. The van der Waals surface area contributed by atoms with Gasteiger partial charge in [0.25, 0.3) is 0 Å². The quantitative estimate of drug-likeness (QED) is 0.652. The highest BCUT2D eigenvalue weighted by atomic mass is 16.5. The molecule has 9 heteroatoms. The molecule has 3 unspecified atom stereocenters. The zero-order valence-corrected chi connectivity index (χ0v) is 19.2. The number of carboxylic acids is 1. The molecule has 2 aliphatic heterocycles. The summed E-state index contributed by atoms with van der Waals surface area (Å²) in [6, 6.07) is 15.7. The number of rotatable bonds is 6. The molecule has 9 nitrogen and oxygen atoms in total. The molecule has 3 atom stereocenters. The van der Waals surface area contributed by atoms with E-state index >= 15 is 0 Å². The van der Waals surface area contributed by atoms with E-state index in [1.807, 2.05) is 24.3 Å². The van der Waals surface area contributed by atoms with Crippen molar-refractivity contribution >= 4 is 18.0 Å². The Morgan fingerprint density at radius 2 is 1.71 bits per heavy atom. The highest BCUT2D eigenvalue weighted by Gasteiger charge is 2.39. The van der Waals surface area contributed by atoms with Crippen molar-refractivity contribution in [3.63, 3.8) is 0 Å². The molecular formula is C26H28N2O7. The summed E-state index contributed by atoms with van der Waals surface area (Å²) < 4.78 is 16.6. The average molecular weight is 481 g/mol. The van der Waals surface area contributed by atoms with Gasteiger partial charge in [-0.05, 0) is 22.3 Å². The van der Waals surface area contributed by atoms with Crippen LogP contribution in [0, 0.1) is 5.92 Å². The van der Waals surface area contributed by atoms with Crippen LogP contribution in [0.4, 0.5) is 4.79 Å². The van der Waals surface area contributed by atoms with Gasteiger partial charge in [-0.3, -0.25) is 9.59 Å². The van der Waals surface area contributed by atoms with Crippen LogP contribution >= 0.6 is 0 Å². The number of amides is 2. The lowest BCUT2D eigenvalue weighted by molar-refractivity contribution is -0.150. The molecule has 2 amide bonds. The predicted molar refractivity (Wildman–Crippen MR) is 125 cm³/mol. The Morgan fingerprint density at radius 3 is 2.40 bits per heavy atom. The maximum atomic E-state index is 13.1. The maximum Gasteiger partial charge on any atom is 0.407 e. The minimum Gasteiger partial charge on any atom is -0.481 e. The van der Waals surface area contributed by atoms with Gasteiger partial charge in [-0.15, -0.1) is 0 Å². The molecule has 2 N–H and O–H groups in total. The fourth-order valence-corrected chi connectivity index (χ4v) is 5.20. The van der Waals surface area contributed by atoms with Gasteiger partial charge < -0.3 is 29.5 Å². The number of alkyl carbamates (subject to hydrolysis) is 1. The minimum absolute atomic E-state index is 0.0510. The molecule has 0 spiro atoms. The van der Waals surface area contributed by atoms with E-state index in [-0.39, 0.29) is 51.2 Å². The number of fused-ring (bicyclic) bond motifs is 3. The van der Waals surface area contributed by atoms with Gasteiger partial charge >= 0.3 is 12.1 Å². The lowest BCUT2D eigenvalue weighted by Crippen LogP contribution is -2.52. The van der Waals surface area contributed by atoms with Crippen LogP contribution in [0.15, 0.2) is 48.5 Å². The van der Waals surface area contributed by atoms with Crippen molar-refractivity contribution in [2.45, 2.75) is 24.5 Å². The molecule has 2 fully saturated rings. The van der Waals surface area contributed by atoms with Gasteiger partial charge in [-0.1, -0.05) is 48.5 Å². The Hall–Kier alpha value is -3.43. The molecule has 184 valence electrons. The third kappa shape index (κ3) is 4.87. The molecule has 2 aromatic carbocycles. The first kappa shape index (κ1) is 23.3. The van der Waals surface area contributed by atoms with Gasteiger partial charge in [0.15, 0.2) is 0 Å². The Kier molecular flexibility index (Phi) is 6.70. The van der Waals surface area contributed by atoms with E-state index in [2.05, 4.69) is 29.6 Å². The van der Waals surface area contributed by atoms with Crippen LogP contribution in [0.2, 0.25) is 0 Å². The zero-order chi connectivity index (χ0) is 24.4. The number of nitrogens with zero attached hydrogens (tertiary/aromatic N) is 1. The Bertz CT molecular complexity index is 1070. The highest BCUT2D eigenvalue weighted by molar-refractivity contribution is 5.82. The molecule has 0 bridgehead atoms. The Balaban J connectivity index is 1.19. The summed E-state index contributed by atoms with van der Waals surface area (Å²) in [5.74, 6) is -1.75. The van der Waals surface area contributed by atoms with Crippen LogP contribution in [0.3, 0.4) is 0 Å². The molecule has 5 rings (SSSR count). The minimum atomic E-state index is -0.969. The van der Waals surface area contributed by atoms with E-state index in [1.54, 1.807) is 4.90 Å². The molecule has 0 radical (unpaired) electrons. The summed E-state index contributed by atoms with van der Waals surface area (Å²) in [6.45, 7) is 1.45. The van der Waals surface area contributed by atoms with Crippen molar-refractivity contribution in [3.05, 3.63) is 59.7 Å². The average Bonchev–Trinajstić information content (AvgIpc) is 3.44. The Labute approximate surface area is 203 Å². The number of aliphatic carboxylic acids is 1. The van der Waals surface area contributed by atoms with Crippen molar-refractivity contribution in [1.29, 1.82) is 0 Å². The first-order chi connectivity index (χ1) is 17.0. The lowest BCUT2D eigenvalue weighted by Gasteiger charge is -2.34. The fraction of sp³-hybridized carbons (Fsp3) is 0.423. The zero-order valence-electron chi connectivity index (χ0n) is 19.2. The van der Waals surface area contributed by atoms with Crippen LogP contribution in [0.25, 0.3) is 11.1 Å². The van der Waals surface area contributed by atoms with Gasteiger partial charge in [-0.2, -0.15) is 0 Å². The number of ether oxygens (including phenoxy) is 3. The third-order valence-electron chi connectivity index (χ3n) is 6.90. The Morgan fingerprint density at radius 1 is 1.03 bits per heavy atom. The van der Waals surface area contributed by atoms with Crippen molar-refractivity contribution in [1.82, 2.24) is 10.2 Å². The number of carbonyl (C=O) groups excluding carboxylic acids is 2. The normalized spacial score (nSPS) is 23.4. The van der Waals surface area contributed by atoms with Crippen molar-refractivity contribution < 1.29 is 33.7 Å². The number of hydrogen-bond donors (Lipinski definition) is 2. The van der Waals surface area contributed by atoms with Gasteiger partial charge in [0, 0.05) is 19.0 Å². The molecular weight excluding hydrogens is 452 g/mol. The number of carboxylic acid groups (broad SMARTS) is 1. The molecule has 2 saturated heterocycles. The van der Waals surface area contributed by atoms with Crippen LogP contribution in [-0.4, -0.2) is 79.6 Å². The van der Waals surface area contributed by atoms with Crippen LogP contribution in [-0.2, 0) is 23.8 Å². The topological polar surface area (TPSA) is 114 Å². The van der Waals surface area contributed by atoms with Crippen molar-refractivity contribution in [2.24, 2.45) is 5.92 Å². The van der Waals surface area contributed by atoms with E-state index in [9.17, 15) is 14.4 Å². The van der Waals surface area contributed by atoms with Crippen LogP contribution in [0.5, 0.6) is 0 Å². The third-order valence-corrected chi connectivity index (χ3v) is 6.90. The van der Waals surface area contributed by atoms with Gasteiger partial charge in [0.2, 0.25) is 5.91 Å². The van der Waals surface area contributed by atoms with Crippen molar-refractivity contribution in [3.8, 4) is 11.1 Å². The maximum absolute atomic E-state index is 13.1. The van der Waals surface area contributed by atoms with E-state index < -0.39 is 30.1 Å². The molecule has 3 aliphatic rings. The lowest BCUT2D eigenvalue weighted by atomic mass is 9.98. The summed E-state index contributed by atoms with van der Waals surface area (Å²) in [5.41, 5.74) is 4.56. The van der Waals surface area contributed by atoms with Crippen LogP contribution < -0.4 is 5.32 Å². The smallest absolute Gasteiger partial charge is 0.407 e. The molecule has 0 aromatic heterocycles. The van der Waals surface area contributed by atoms with Gasteiger partial charge in [-0.25, -0.2) is 4.79 Å². The number of hydrogen-bond acceptors (Lipinski definition) is 6. The van der Waals surface area contributed by atoms with Gasteiger partial charge in [0.1, 0.15) is 6.61 Å². The summed E-state index contributed by atoms with van der Waals surface area (Å²) in [6.07, 6.45) is -1.29. The number of benzene rings is 2. The summed E-state index contributed by atoms with van der Waals surface area (Å²) >= 11 is 0. The van der Waals surface area contributed by atoms with E-state index in [0.717, 1.165) is 22.3 Å². The molecule has 0 saturated carbocycles. The monoisotopic (exact) mass is 480 g/mol. The van der Waals surface area contributed by atoms with Gasteiger partial charge in [0.05, 0.1) is 44.3 Å². The van der Waals surface area contributed by atoms with Crippen LogP contribution in [0.1, 0.15) is 23.5 Å². The first-order valence-corrected chi connectivity index (χ1v) is 11.8.